The Balaban J connectivity index is 1.79. The van der Waals surface area contributed by atoms with Crippen LogP contribution in [-0.4, -0.2) is 39.5 Å². The molecule has 0 spiro atoms. The predicted molar refractivity (Wildman–Crippen MR) is 85.5 cm³/mol. The maximum Gasteiger partial charge on any atom is 0.330 e. The molecule has 1 aliphatic heterocycles. The van der Waals surface area contributed by atoms with E-state index in [1.165, 1.54) is 13.2 Å². The smallest absolute Gasteiger partial charge is 0.330 e. The van der Waals surface area contributed by atoms with Gasteiger partial charge in [-0.1, -0.05) is 11.8 Å². The van der Waals surface area contributed by atoms with E-state index in [1.54, 1.807) is 20.3 Å². The van der Waals surface area contributed by atoms with Crippen LogP contribution in [0.5, 0.6) is 11.5 Å². The third-order valence-corrected chi connectivity index (χ3v) is 3.42. The standard InChI is InChI=1S/C18H20O5/c1-20-14-9-8-13(12-17(14)21-2)6-4-5-7-15-16(23-15)10-11-18(19)22-3/h8-12,15-16H,5,7H2,1-3H3/b11-10+/t15-,16-/m0/s1. The van der Waals surface area contributed by atoms with Crippen LogP contribution in [0.2, 0.25) is 0 Å². The molecule has 2 atom stereocenters. The zero-order chi connectivity index (χ0) is 16.7. The van der Waals surface area contributed by atoms with Gasteiger partial charge in [0.05, 0.1) is 27.4 Å². The van der Waals surface area contributed by atoms with Gasteiger partial charge in [0.15, 0.2) is 11.5 Å². The highest BCUT2D eigenvalue weighted by atomic mass is 16.6. The summed E-state index contributed by atoms with van der Waals surface area (Å²) in [6.07, 6.45) is 4.80. The van der Waals surface area contributed by atoms with Crippen molar-refractivity contribution < 1.29 is 23.7 Å². The molecule has 0 aliphatic carbocycles. The van der Waals surface area contributed by atoms with Crippen LogP contribution in [0.15, 0.2) is 30.4 Å². The normalized spacial score (nSPS) is 18.9. The predicted octanol–water partition coefficient (Wildman–Crippen LogP) is 2.33. The molecule has 5 heteroatoms. The summed E-state index contributed by atoms with van der Waals surface area (Å²) < 4.78 is 20.4. The summed E-state index contributed by atoms with van der Waals surface area (Å²) in [5, 5.41) is 0. The van der Waals surface area contributed by atoms with E-state index in [9.17, 15) is 4.79 Å². The lowest BCUT2D eigenvalue weighted by Crippen LogP contribution is -1.96. The van der Waals surface area contributed by atoms with Gasteiger partial charge < -0.3 is 18.9 Å². The first-order chi connectivity index (χ1) is 11.2. The summed E-state index contributed by atoms with van der Waals surface area (Å²) in [6, 6.07) is 5.58. The van der Waals surface area contributed by atoms with Gasteiger partial charge in [-0.2, -0.15) is 0 Å². The molecular weight excluding hydrogens is 296 g/mol. The Morgan fingerprint density at radius 2 is 2.04 bits per heavy atom. The lowest BCUT2D eigenvalue weighted by molar-refractivity contribution is -0.134. The molecule has 1 aromatic carbocycles. The summed E-state index contributed by atoms with van der Waals surface area (Å²) in [7, 11) is 4.55. The van der Waals surface area contributed by atoms with E-state index >= 15 is 0 Å². The first kappa shape index (κ1) is 16.9. The number of carbonyl (C=O) groups is 1. The fourth-order valence-corrected chi connectivity index (χ4v) is 2.09. The molecule has 122 valence electrons. The van der Waals surface area contributed by atoms with E-state index in [2.05, 4.69) is 16.6 Å². The number of benzene rings is 1. The van der Waals surface area contributed by atoms with Gasteiger partial charge in [0.25, 0.3) is 0 Å². The van der Waals surface area contributed by atoms with E-state index in [0.29, 0.717) is 11.5 Å². The molecule has 0 amide bonds. The fraction of sp³-hybridized carbons (Fsp3) is 0.389. The highest BCUT2D eigenvalue weighted by Gasteiger charge is 2.35. The molecule has 1 heterocycles. The van der Waals surface area contributed by atoms with Crippen LogP contribution >= 0.6 is 0 Å². The molecule has 0 N–H and O–H groups in total. The Bertz CT molecular complexity index is 639. The zero-order valence-electron chi connectivity index (χ0n) is 13.5. The number of epoxide rings is 1. The number of rotatable bonds is 6. The van der Waals surface area contributed by atoms with Crippen molar-refractivity contribution in [2.24, 2.45) is 0 Å². The fourth-order valence-electron chi connectivity index (χ4n) is 2.09. The van der Waals surface area contributed by atoms with Gasteiger partial charge in [-0.3, -0.25) is 0 Å². The average Bonchev–Trinajstić information content (AvgIpc) is 3.34. The summed E-state index contributed by atoms with van der Waals surface area (Å²) in [5.41, 5.74) is 0.876. The quantitative estimate of drug-likeness (QED) is 0.349. The molecule has 1 saturated heterocycles. The monoisotopic (exact) mass is 316 g/mol. The van der Waals surface area contributed by atoms with Crippen LogP contribution in [0.25, 0.3) is 0 Å². The minimum Gasteiger partial charge on any atom is -0.493 e. The molecule has 0 saturated carbocycles. The van der Waals surface area contributed by atoms with Gasteiger partial charge in [-0.05, 0) is 30.7 Å². The Morgan fingerprint density at radius 1 is 1.26 bits per heavy atom. The van der Waals surface area contributed by atoms with Crippen molar-refractivity contribution >= 4 is 5.97 Å². The Hall–Kier alpha value is -2.45. The molecule has 1 aliphatic rings. The second kappa shape index (κ2) is 8.25. The zero-order valence-corrected chi connectivity index (χ0v) is 13.5. The third kappa shape index (κ3) is 5.04. The Kier molecular flexibility index (Phi) is 6.07. The Morgan fingerprint density at radius 3 is 2.74 bits per heavy atom. The van der Waals surface area contributed by atoms with E-state index in [-0.39, 0.29) is 18.2 Å². The van der Waals surface area contributed by atoms with Gasteiger partial charge in [0, 0.05) is 18.1 Å². The highest BCUT2D eigenvalue weighted by molar-refractivity contribution is 5.81. The van der Waals surface area contributed by atoms with E-state index in [0.717, 1.165) is 18.4 Å². The molecule has 5 nitrogen and oxygen atoms in total. The minimum atomic E-state index is -0.368. The molecule has 0 unspecified atom stereocenters. The van der Waals surface area contributed by atoms with Crippen LogP contribution in [-0.2, 0) is 14.3 Å². The maximum absolute atomic E-state index is 11.0. The van der Waals surface area contributed by atoms with Crippen LogP contribution in [0, 0.1) is 11.8 Å². The van der Waals surface area contributed by atoms with Gasteiger partial charge in [-0.25, -0.2) is 4.79 Å². The molecule has 0 aromatic heterocycles. The molecule has 2 rings (SSSR count). The lowest BCUT2D eigenvalue weighted by atomic mass is 10.1. The highest BCUT2D eigenvalue weighted by Crippen LogP contribution is 2.28. The molecule has 1 fully saturated rings. The topological polar surface area (TPSA) is 57.3 Å². The number of esters is 1. The Labute approximate surface area is 136 Å². The SMILES string of the molecule is COC(=O)/C=C/[C@@H]1O[C@H]1CCC#Cc1ccc(OC)c(OC)c1. The molecule has 1 aromatic rings. The van der Waals surface area contributed by atoms with E-state index in [4.69, 9.17) is 14.2 Å². The maximum atomic E-state index is 11.0. The summed E-state index contributed by atoms with van der Waals surface area (Å²) in [5.74, 6) is 7.19. The van der Waals surface area contributed by atoms with Gasteiger partial charge >= 0.3 is 5.97 Å². The minimum absolute atomic E-state index is 0.00280. The van der Waals surface area contributed by atoms with Crippen LogP contribution < -0.4 is 9.47 Å². The van der Waals surface area contributed by atoms with Crippen molar-refractivity contribution in [3.8, 4) is 23.3 Å². The average molecular weight is 316 g/mol. The van der Waals surface area contributed by atoms with Crippen molar-refractivity contribution in [2.75, 3.05) is 21.3 Å². The summed E-state index contributed by atoms with van der Waals surface area (Å²) in [6.45, 7) is 0. The van der Waals surface area contributed by atoms with Crippen LogP contribution in [0.1, 0.15) is 18.4 Å². The van der Waals surface area contributed by atoms with Crippen molar-refractivity contribution in [3.05, 3.63) is 35.9 Å². The molecule has 23 heavy (non-hydrogen) atoms. The second-order valence-electron chi connectivity index (χ2n) is 4.93. The summed E-state index contributed by atoms with van der Waals surface area (Å²) >= 11 is 0. The lowest BCUT2D eigenvalue weighted by Gasteiger charge is -2.06. The van der Waals surface area contributed by atoms with Gasteiger partial charge in [-0.15, -0.1) is 0 Å². The van der Waals surface area contributed by atoms with Crippen molar-refractivity contribution in [3.63, 3.8) is 0 Å². The van der Waals surface area contributed by atoms with E-state index in [1.807, 2.05) is 18.2 Å². The largest absolute Gasteiger partial charge is 0.493 e. The first-order valence-corrected chi connectivity index (χ1v) is 7.30. The summed E-state index contributed by atoms with van der Waals surface area (Å²) in [4.78, 5) is 11.0. The van der Waals surface area contributed by atoms with Gasteiger partial charge in [0.1, 0.15) is 6.10 Å². The van der Waals surface area contributed by atoms with Crippen molar-refractivity contribution in [2.45, 2.75) is 25.0 Å². The number of hydrogen-bond donors (Lipinski definition) is 0. The van der Waals surface area contributed by atoms with Crippen LogP contribution in [0.3, 0.4) is 0 Å². The van der Waals surface area contributed by atoms with Crippen molar-refractivity contribution in [1.82, 2.24) is 0 Å². The molecule has 0 bridgehead atoms. The number of methoxy groups -OCH3 is 3. The van der Waals surface area contributed by atoms with Crippen molar-refractivity contribution in [1.29, 1.82) is 0 Å². The second-order valence-corrected chi connectivity index (χ2v) is 4.93. The first-order valence-electron chi connectivity index (χ1n) is 7.30. The number of carbonyl (C=O) groups excluding carboxylic acids is 1. The van der Waals surface area contributed by atoms with E-state index < -0.39 is 0 Å². The third-order valence-electron chi connectivity index (χ3n) is 3.42. The molecule has 0 radical (unpaired) electrons. The van der Waals surface area contributed by atoms with Gasteiger partial charge in [0.2, 0.25) is 0 Å². The number of ether oxygens (including phenoxy) is 4. The molecular formula is C18H20O5. The number of hydrogen-bond acceptors (Lipinski definition) is 5. The van der Waals surface area contributed by atoms with Crippen LogP contribution in [0.4, 0.5) is 0 Å².